The van der Waals surface area contributed by atoms with Crippen LogP contribution < -0.4 is 15.5 Å². The number of amides is 1. The number of esters is 1. The van der Waals surface area contributed by atoms with Gasteiger partial charge in [-0.05, 0) is 73.2 Å². The Kier molecular flexibility index (Phi) is 7.42. The molecular weight excluding hydrogens is 512 g/mol. The lowest BCUT2D eigenvalue weighted by Gasteiger charge is -2.27. The largest absolute Gasteiger partial charge is 0.465 e. The lowest BCUT2D eigenvalue weighted by molar-refractivity contribution is -0.115. The third-order valence-corrected chi connectivity index (χ3v) is 7.01. The minimum Gasteiger partial charge on any atom is -0.465 e. The predicted molar refractivity (Wildman–Crippen MR) is 154 cm³/mol. The number of methoxy groups -OCH3 is 1. The second kappa shape index (κ2) is 11.1. The van der Waals surface area contributed by atoms with Crippen molar-refractivity contribution < 1.29 is 18.7 Å². The van der Waals surface area contributed by atoms with Crippen molar-refractivity contribution in [2.75, 3.05) is 17.3 Å². The van der Waals surface area contributed by atoms with Gasteiger partial charge in [0.2, 0.25) is 5.91 Å². The fourth-order valence-corrected chi connectivity index (χ4v) is 5.09. The maximum Gasteiger partial charge on any atom is 0.338 e. The van der Waals surface area contributed by atoms with Crippen molar-refractivity contribution >= 4 is 40.6 Å². The number of furan rings is 1. The van der Waals surface area contributed by atoms with Crippen LogP contribution in [-0.4, -0.2) is 29.1 Å². The van der Waals surface area contributed by atoms with E-state index in [-0.39, 0.29) is 18.0 Å². The number of nitrogens with zero attached hydrogens (tertiary/aromatic N) is 2. The van der Waals surface area contributed by atoms with Crippen molar-refractivity contribution in [2.45, 2.75) is 32.4 Å². The number of nitrogens with one attached hydrogen (secondary N) is 2. The molecule has 1 aliphatic rings. The highest BCUT2D eigenvalue weighted by molar-refractivity contribution is 7.80. The summed E-state index contributed by atoms with van der Waals surface area (Å²) in [5, 5.41) is 6.88. The molecular formula is C30H28N4O4S. The van der Waals surface area contributed by atoms with Crippen molar-refractivity contribution in [1.29, 1.82) is 0 Å². The van der Waals surface area contributed by atoms with Crippen molar-refractivity contribution in [3.8, 4) is 11.3 Å². The van der Waals surface area contributed by atoms with Gasteiger partial charge in [-0.25, -0.2) is 4.79 Å². The summed E-state index contributed by atoms with van der Waals surface area (Å²) in [5.74, 6) is 0.699. The number of pyridine rings is 1. The zero-order valence-electron chi connectivity index (χ0n) is 21.8. The van der Waals surface area contributed by atoms with Gasteiger partial charge in [0.15, 0.2) is 5.11 Å². The molecule has 1 aliphatic heterocycles. The molecule has 2 aromatic heterocycles. The third kappa shape index (κ3) is 5.13. The molecule has 1 amide bonds. The molecule has 1 saturated heterocycles. The molecule has 9 heteroatoms. The molecule has 0 saturated carbocycles. The van der Waals surface area contributed by atoms with E-state index in [0.717, 1.165) is 22.6 Å². The Hall–Kier alpha value is -4.50. The zero-order valence-corrected chi connectivity index (χ0v) is 22.6. The van der Waals surface area contributed by atoms with E-state index in [0.29, 0.717) is 34.2 Å². The molecule has 2 N–H and O–H groups in total. The molecule has 0 radical (unpaired) electrons. The molecule has 39 heavy (non-hydrogen) atoms. The second-order valence-corrected chi connectivity index (χ2v) is 9.52. The van der Waals surface area contributed by atoms with Gasteiger partial charge in [-0.2, -0.15) is 0 Å². The van der Waals surface area contributed by atoms with Gasteiger partial charge in [0.25, 0.3) is 0 Å². The molecule has 0 unspecified atom stereocenters. The van der Waals surface area contributed by atoms with E-state index in [2.05, 4.69) is 15.6 Å². The fourth-order valence-electron chi connectivity index (χ4n) is 4.74. The number of ether oxygens (including phenoxy) is 1. The molecule has 0 aliphatic carbocycles. The van der Waals surface area contributed by atoms with E-state index in [1.165, 1.54) is 7.11 Å². The summed E-state index contributed by atoms with van der Waals surface area (Å²) >= 11 is 5.83. The molecule has 2 atom stereocenters. The summed E-state index contributed by atoms with van der Waals surface area (Å²) in [6.45, 7) is 3.76. The van der Waals surface area contributed by atoms with Crippen LogP contribution in [0.3, 0.4) is 0 Å². The predicted octanol–water partition coefficient (Wildman–Crippen LogP) is 5.96. The first-order chi connectivity index (χ1) is 18.9. The number of aryl methyl sites for hydroxylation is 1. The number of carbonyl (C=O) groups excluding carboxylic acids is 2. The van der Waals surface area contributed by atoms with Gasteiger partial charge < -0.3 is 24.7 Å². The number of carbonyl (C=O) groups is 2. The summed E-state index contributed by atoms with van der Waals surface area (Å²) < 4.78 is 11.4. The van der Waals surface area contributed by atoms with E-state index in [4.69, 9.17) is 21.4 Å². The van der Waals surface area contributed by atoms with E-state index < -0.39 is 5.97 Å². The van der Waals surface area contributed by atoms with Crippen molar-refractivity contribution in [3.05, 3.63) is 102 Å². The van der Waals surface area contributed by atoms with Gasteiger partial charge in [-0.1, -0.05) is 31.2 Å². The molecule has 3 heterocycles. The van der Waals surface area contributed by atoms with E-state index in [1.807, 2.05) is 79.4 Å². The molecule has 2 aromatic carbocycles. The SMILES string of the molecule is CCC(=O)Nc1ccc(N2C(=S)N[C@H](c3ccccn3)[C@H]2c2ccc(-c3ccccc3C(=O)OC)o2)cc1C. The maximum atomic E-state index is 12.4. The van der Waals surface area contributed by atoms with Gasteiger partial charge in [0, 0.05) is 29.6 Å². The van der Waals surface area contributed by atoms with Crippen LogP contribution in [0.1, 0.15) is 52.8 Å². The Morgan fingerprint density at radius 1 is 1.10 bits per heavy atom. The summed E-state index contributed by atoms with van der Waals surface area (Å²) in [6, 6.07) is 21.8. The van der Waals surface area contributed by atoms with Crippen LogP contribution in [-0.2, 0) is 9.53 Å². The molecule has 0 bridgehead atoms. The van der Waals surface area contributed by atoms with Gasteiger partial charge in [0.1, 0.15) is 17.6 Å². The molecule has 198 valence electrons. The smallest absolute Gasteiger partial charge is 0.338 e. The van der Waals surface area contributed by atoms with Crippen LogP contribution in [0.5, 0.6) is 0 Å². The Bertz CT molecular complexity index is 1530. The van der Waals surface area contributed by atoms with Crippen LogP contribution in [0.25, 0.3) is 11.3 Å². The highest BCUT2D eigenvalue weighted by Crippen LogP contribution is 2.43. The first kappa shape index (κ1) is 26.1. The highest BCUT2D eigenvalue weighted by atomic mass is 32.1. The van der Waals surface area contributed by atoms with Crippen molar-refractivity contribution in [1.82, 2.24) is 10.3 Å². The summed E-state index contributed by atoms with van der Waals surface area (Å²) in [4.78, 5) is 31.0. The van der Waals surface area contributed by atoms with Gasteiger partial charge >= 0.3 is 5.97 Å². The number of aromatic nitrogens is 1. The topological polar surface area (TPSA) is 96.7 Å². The van der Waals surface area contributed by atoms with E-state index >= 15 is 0 Å². The third-order valence-electron chi connectivity index (χ3n) is 6.70. The highest BCUT2D eigenvalue weighted by Gasteiger charge is 2.42. The zero-order chi connectivity index (χ0) is 27.5. The normalized spacial score (nSPS) is 16.6. The van der Waals surface area contributed by atoms with Crippen LogP contribution >= 0.6 is 12.2 Å². The molecule has 8 nitrogen and oxygen atoms in total. The van der Waals surface area contributed by atoms with Gasteiger partial charge in [-0.15, -0.1) is 0 Å². The second-order valence-electron chi connectivity index (χ2n) is 9.14. The quantitative estimate of drug-likeness (QED) is 0.219. The minimum atomic E-state index is -0.439. The van der Waals surface area contributed by atoms with Crippen LogP contribution in [0.15, 0.2) is 83.4 Å². The summed E-state index contributed by atoms with van der Waals surface area (Å²) in [7, 11) is 1.36. The molecule has 1 fully saturated rings. The Morgan fingerprint density at radius 3 is 2.62 bits per heavy atom. The minimum absolute atomic E-state index is 0.0485. The average Bonchev–Trinajstić information content (AvgIpc) is 3.58. The number of anilines is 2. The lowest BCUT2D eigenvalue weighted by atomic mass is 10.0. The number of hydrogen-bond acceptors (Lipinski definition) is 6. The Morgan fingerprint density at radius 2 is 1.90 bits per heavy atom. The molecule has 0 spiro atoms. The number of thiocarbonyl (C=S) groups is 1. The Balaban J connectivity index is 1.58. The Labute approximate surface area is 232 Å². The van der Waals surface area contributed by atoms with Gasteiger partial charge in [0.05, 0.1) is 24.4 Å². The van der Waals surface area contributed by atoms with Crippen LogP contribution in [0.4, 0.5) is 11.4 Å². The summed E-state index contributed by atoms with van der Waals surface area (Å²) in [6.07, 6.45) is 2.14. The number of rotatable bonds is 7. The van der Waals surface area contributed by atoms with E-state index in [1.54, 1.807) is 18.3 Å². The lowest BCUT2D eigenvalue weighted by Crippen LogP contribution is -2.29. The fraction of sp³-hybridized carbons (Fsp3) is 0.200. The van der Waals surface area contributed by atoms with E-state index in [9.17, 15) is 9.59 Å². The van der Waals surface area contributed by atoms with Gasteiger partial charge in [-0.3, -0.25) is 9.78 Å². The average molecular weight is 541 g/mol. The van der Waals surface area contributed by atoms with Crippen LogP contribution in [0.2, 0.25) is 0 Å². The van der Waals surface area contributed by atoms with Crippen molar-refractivity contribution in [2.24, 2.45) is 0 Å². The maximum absolute atomic E-state index is 12.4. The standard InChI is InChI=1S/C30H28N4O4S/c1-4-26(35)32-22-13-12-19(17-18(22)2)34-28(27(33-30(34)39)23-11-7-8-16-31-23)25-15-14-24(38-25)20-9-5-6-10-21(20)29(36)37-3/h5-17,27-28H,4H2,1-3H3,(H,32,35)(H,33,39)/t27-,28-/m1/s1. The van der Waals surface area contributed by atoms with Crippen molar-refractivity contribution in [3.63, 3.8) is 0 Å². The van der Waals surface area contributed by atoms with Crippen LogP contribution in [0, 0.1) is 6.92 Å². The first-order valence-electron chi connectivity index (χ1n) is 12.6. The number of benzene rings is 2. The first-order valence-corrected chi connectivity index (χ1v) is 13.0. The molecule has 5 rings (SSSR count). The number of hydrogen-bond donors (Lipinski definition) is 2. The molecule has 4 aromatic rings. The summed E-state index contributed by atoms with van der Waals surface area (Å²) in [5.41, 5.74) is 4.36. The monoisotopic (exact) mass is 540 g/mol.